The number of fused-ring (bicyclic) bond motifs is 1. The number of thiol groups is 1. The fourth-order valence-electron chi connectivity index (χ4n) is 4.25. The summed E-state index contributed by atoms with van der Waals surface area (Å²) in [7, 11) is 0. The van der Waals surface area contributed by atoms with E-state index in [0.29, 0.717) is 49.9 Å². The van der Waals surface area contributed by atoms with Crippen molar-refractivity contribution in [1.29, 1.82) is 0 Å². The van der Waals surface area contributed by atoms with Crippen LogP contribution in [0, 0.1) is 5.92 Å². The molecule has 186 valence electrons. The van der Waals surface area contributed by atoms with Gasteiger partial charge in [0.2, 0.25) is 5.91 Å². The Kier molecular flexibility index (Phi) is 12.0. The van der Waals surface area contributed by atoms with Crippen LogP contribution in [0.25, 0.3) is 0 Å². The van der Waals surface area contributed by atoms with Gasteiger partial charge in [0.05, 0.1) is 6.04 Å². The predicted molar refractivity (Wildman–Crippen MR) is 140 cm³/mol. The smallest absolute Gasteiger partial charge is 0.326 e. The minimum Gasteiger partial charge on any atom is -0.480 e. The molecule has 1 aromatic carbocycles. The van der Waals surface area contributed by atoms with E-state index in [0.717, 1.165) is 12.0 Å². The molecule has 0 spiro atoms. The van der Waals surface area contributed by atoms with E-state index in [1.807, 2.05) is 18.4 Å². The standard InChI is InChI=1S/C24H40N4O3S2/c1-16(2)10-20(26-12-19(25)15-32)14-28-13-18-7-5-4-6-17(18)11-22(28)23(29)27-21(24(30)31)8-9-33-3/h4-7,16,19-22,26,32H,8-15,25H2,1-3H3,(H,27,29)(H,30,31)/t19?,20?,21-,22+/m0/s1. The lowest BCUT2D eigenvalue weighted by atomic mass is 9.92. The van der Waals surface area contributed by atoms with Gasteiger partial charge in [0.1, 0.15) is 6.04 Å². The van der Waals surface area contributed by atoms with E-state index < -0.39 is 18.1 Å². The number of hydrogen-bond acceptors (Lipinski definition) is 7. The van der Waals surface area contributed by atoms with Gasteiger partial charge < -0.3 is 21.5 Å². The number of rotatable bonds is 14. The van der Waals surface area contributed by atoms with Crippen LogP contribution < -0.4 is 16.4 Å². The van der Waals surface area contributed by atoms with Crippen molar-refractivity contribution in [3.8, 4) is 0 Å². The van der Waals surface area contributed by atoms with E-state index in [9.17, 15) is 14.7 Å². The van der Waals surface area contributed by atoms with Gasteiger partial charge in [-0.1, -0.05) is 38.1 Å². The van der Waals surface area contributed by atoms with Crippen LogP contribution in [-0.2, 0) is 22.6 Å². The Bertz CT molecular complexity index is 765. The molecule has 1 aliphatic heterocycles. The zero-order valence-corrected chi connectivity index (χ0v) is 21.7. The van der Waals surface area contributed by atoms with Gasteiger partial charge in [0.25, 0.3) is 0 Å². The van der Waals surface area contributed by atoms with Crippen molar-refractivity contribution in [2.24, 2.45) is 11.7 Å². The number of benzene rings is 1. The highest BCUT2D eigenvalue weighted by atomic mass is 32.2. The summed E-state index contributed by atoms with van der Waals surface area (Å²) in [6.07, 6.45) is 3.87. The van der Waals surface area contributed by atoms with E-state index in [1.54, 1.807) is 11.8 Å². The van der Waals surface area contributed by atoms with Gasteiger partial charge in [-0.15, -0.1) is 0 Å². The van der Waals surface area contributed by atoms with E-state index >= 15 is 0 Å². The van der Waals surface area contributed by atoms with Gasteiger partial charge in [0.15, 0.2) is 0 Å². The van der Waals surface area contributed by atoms with Crippen LogP contribution in [0.5, 0.6) is 0 Å². The number of thioether (sulfide) groups is 1. The van der Waals surface area contributed by atoms with E-state index in [2.05, 4.69) is 54.1 Å². The Balaban J connectivity index is 2.21. The molecule has 1 aliphatic rings. The monoisotopic (exact) mass is 496 g/mol. The third-order valence-corrected chi connectivity index (χ3v) is 7.10. The second-order valence-corrected chi connectivity index (χ2v) is 10.6. The molecule has 0 aromatic heterocycles. The van der Waals surface area contributed by atoms with E-state index in [-0.39, 0.29) is 18.0 Å². The van der Waals surface area contributed by atoms with Crippen molar-refractivity contribution in [1.82, 2.24) is 15.5 Å². The first-order valence-corrected chi connectivity index (χ1v) is 13.7. The van der Waals surface area contributed by atoms with Gasteiger partial charge >= 0.3 is 5.97 Å². The van der Waals surface area contributed by atoms with Crippen molar-refractivity contribution < 1.29 is 14.7 Å². The highest BCUT2D eigenvalue weighted by Gasteiger charge is 2.34. The summed E-state index contributed by atoms with van der Waals surface area (Å²) in [5, 5.41) is 16.0. The van der Waals surface area contributed by atoms with Crippen molar-refractivity contribution in [3.63, 3.8) is 0 Å². The Labute approximate surface area is 208 Å². The third-order valence-electron chi connectivity index (χ3n) is 5.99. The van der Waals surface area contributed by atoms with Gasteiger partial charge in [-0.25, -0.2) is 4.79 Å². The fourth-order valence-corrected chi connectivity index (χ4v) is 4.85. The molecule has 2 unspecified atom stereocenters. The lowest BCUT2D eigenvalue weighted by Crippen LogP contribution is -2.57. The summed E-state index contributed by atoms with van der Waals surface area (Å²) in [5.41, 5.74) is 8.44. The first kappa shape index (κ1) is 28.0. The molecule has 1 amide bonds. The topological polar surface area (TPSA) is 108 Å². The maximum absolute atomic E-state index is 13.3. The molecule has 0 aliphatic carbocycles. The molecule has 5 N–H and O–H groups in total. The van der Waals surface area contributed by atoms with Crippen molar-refractivity contribution in [2.45, 2.75) is 63.8 Å². The van der Waals surface area contributed by atoms with Crippen molar-refractivity contribution in [2.75, 3.05) is 30.9 Å². The summed E-state index contributed by atoms with van der Waals surface area (Å²) < 4.78 is 0. The second-order valence-electron chi connectivity index (χ2n) is 9.28. The normalized spacial score (nSPS) is 19.0. The number of amides is 1. The molecule has 0 radical (unpaired) electrons. The lowest BCUT2D eigenvalue weighted by molar-refractivity contribution is -0.143. The van der Waals surface area contributed by atoms with Crippen LogP contribution in [0.3, 0.4) is 0 Å². The number of carboxylic acid groups (broad SMARTS) is 1. The molecule has 7 nitrogen and oxygen atoms in total. The SMILES string of the molecule is CSCC[C@H](NC(=O)[C@H]1Cc2ccccc2CN1CC(CC(C)C)NCC(N)CS)C(=O)O. The van der Waals surface area contributed by atoms with E-state index in [1.165, 1.54) is 5.56 Å². The number of nitrogens with one attached hydrogen (secondary N) is 2. The van der Waals surface area contributed by atoms with Crippen molar-refractivity contribution in [3.05, 3.63) is 35.4 Å². The molecule has 0 fully saturated rings. The Morgan fingerprint density at radius 1 is 1.30 bits per heavy atom. The number of carbonyl (C=O) groups is 2. The number of carboxylic acids is 1. The molecule has 1 heterocycles. The molecule has 9 heteroatoms. The number of hydrogen-bond donors (Lipinski definition) is 5. The molecule has 0 saturated carbocycles. The number of aliphatic carboxylic acids is 1. The lowest BCUT2D eigenvalue weighted by Gasteiger charge is -2.39. The molecule has 33 heavy (non-hydrogen) atoms. The van der Waals surface area contributed by atoms with E-state index in [4.69, 9.17) is 5.73 Å². The summed E-state index contributed by atoms with van der Waals surface area (Å²) in [4.78, 5) is 27.2. The first-order valence-electron chi connectivity index (χ1n) is 11.7. The average Bonchev–Trinajstić information content (AvgIpc) is 2.78. The summed E-state index contributed by atoms with van der Waals surface area (Å²) in [5.74, 6) is 0.576. The molecule has 0 saturated heterocycles. The molecule has 4 atom stereocenters. The van der Waals surface area contributed by atoms with Gasteiger partial charge in [0, 0.05) is 37.5 Å². The molecular weight excluding hydrogens is 456 g/mol. The number of nitrogens with zero attached hydrogens (tertiary/aromatic N) is 1. The maximum atomic E-state index is 13.3. The van der Waals surface area contributed by atoms with Gasteiger partial charge in [-0.3, -0.25) is 9.69 Å². The minimum atomic E-state index is -0.986. The predicted octanol–water partition coefficient (Wildman–Crippen LogP) is 2.00. The molecule has 2 rings (SSSR count). The van der Waals surface area contributed by atoms with Crippen LogP contribution in [0.15, 0.2) is 24.3 Å². The Hall–Kier alpha value is -1.26. The second kappa shape index (κ2) is 14.2. The fraction of sp³-hybridized carbons (Fsp3) is 0.667. The maximum Gasteiger partial charge on any atom is 0.326 e. The third kappa shape index (κ3) is 9.13. The quantitative estimate of drug-likeness (QED) is 0.251. The largest absolute Gasteiger partial charge is 0.480 e. The molecule has 0 bridgehead atoms. The van der Waals surface area contributed by atoms with Crippen LogP contribution >= 0.6 is 24.4 Å². The first-order chi connectivity index (χ1) is 15.7. The Morgan fingerprint density at radius 3 is 2.61 bits per heavy atom. The highest BCUT2D eigenvalue weighted by molar-refractivity contribution is 7.98. The van der Waals surface area contributed by atoms with Crippen LogP contribution in [0.2, 0.25) is 0 Å². The minimum absolute atomic E-state index is 0.0306. The van der Waals surface area contributed by atoms with Gasteiger partial charge in [-0.05, 0) is 48.3 Å². The highest BCUT2D eigenvalue weighted by Crippen LogP contribution is 2.24. The zero-order chi connectivity index (χ0) is 24.4. The molecule has 1 aromatic rings. The molecular formula is C24H40N4O3S2. The summed E-state index contributed by atoms with van der Waals surface area (Å²) in [6.45, 7) is 6.38. The summed E-state index contributed by atoms with van der Waals surface area (Å²) in [6, 6.07) is 7.04. The van der Waals surface area contributed by atoms with Crippen molar-refractivity contribution >= 4 is 36.3 Å². The number of carbonyl (C=O) groups excluding carboxylic acids is 1. The van der Waals surface area contributed by atoms with Crippen LogP contribution in [-0.4, -0.2) is 76.9 Å². The number of nitrogens with two attached hydrogens (primary N) is 1. The summed E-state index contributed by atoms with van der Waals surface area (Å²) >= 11 is 5.86. The van der Waals surface area contributed by atoms with Crippen LogP contribution in [0.1, 0.15) is 37.8 Å². The zero-order valence-electron chi connectivity index (χ0n) is 20.0. The van der Waals surface area contributed by atoms with Gasteiger partial charge in [-0.2, -0.15) is 24.4 Å². The Morgan fingerprint density at radius 2 is 2.00 bits per heavy atom. The average molecular weight is 497 g/mol. The van der Waals surface area contributed by atoms with Crippen LogP contribution in [0.4, 0.5) is 0 Å².